The van der Waals surface area contributed by atoms with Crippen LogP contribution in [-0.2, 0) is 4.79 Å². The number of hydrogen-bond acceptors (Lipinski definition) is 5. The minimum atomic E-state index is -1.15. The molecule has 0 aliphatic carbocycles. The number of nitrogens with one attached hydrogen (secondary N) is 1. The van der Waals surface area contributed by atoms with Gasteiger partial charge in [-0.3, -0.25) is 4.79 Å². The predicted octanol–water partition coefficient (Wildman–Crippen LogP) is 3.01. The highest BCUT2D eigenvalue weighted by atomic mass is 32.2. The number of aryl methyl sites for hydroxylation is 1. The van der Waals surface area contributed by atoms with Gasteiger partial charge in [-0.15, -0.1) is 11.3 Å². The number of thioether (sulfide) groups is 1. The molecule has 116 valence electrons. The van der Waals surface area contributed by atoms with E-state index in [1.54, 1.807) is 17.8 Å². The SMILES string of the molecule is Cc1ccc(-c2ccc(C(=O)NC3(C(=O)O)CCSC3)s2)o1. The molecule has 1 saturated heterocycles. The van der Waals surface area contributed by atoms with Crippen molar-refractivity contribution >= 4 is 35.0 Å². The number of amides is 1. The molecule has 1 aliphatic heterocycles. The number of carbonyl (C=O) groups excluding carboxylic acids is 1. The van der Waals surface area contributed by atoms with Gasteiger partial charge in [0, 0.05) is 5.75 Å². The number of hydrogen-bond donors (Lipinski definition) is 2. The standard InChI is InChI=1S/C15H15NO4S2/c1-9-2-3-10(20-9)11-4-5-12(22-11)13(17)16-15(14(18)19)6-7-21-8-15/h2-5H,6-8H2,1H3,(H,16,17)(H,18,19). The Bertz CT molecular complexity index is 713. The van der Waals surface area contributed by atoms with Gasteiger partial charge >= 0.3 is 5.97 Å². The molecule has 5 nitrogen and oxygen atoms in total. The van der Waals surface area contributed by atoms with Crippen molar-refractivity contribution in [3.8, 4) is 10.6 Å². The maximum Gasteiger partial charge on any atom is 0.330 e. The molecule has 3 heterocycles. The summed E-state index contributed by atoms with van der Waals surface area (Å²) in [5.41, 5.74) is -1.15. The first kappa shape index (κ1) is 15.2. The van der Waals surface area contributed by atoms with Crippen molar-refractivity contribution in [2.24, 2.45) is 0 Å². The number of rotatable bonds is 4. The van der Waals surface area contributed by atoms with E-state index in [0.717, 1.165) is 16.4 Å². The smallest absolute Gasteiger partial charge is 0.330 e. The van der Waals surface area contributed by atoms with Crippen molar-refractivity contribution < 1.29 is 19.1 Å². The molecule has 0 saturated carbocycles. The molecule has 2 N–H and O–H groups in total. The van der Waals surface area contributed by atoms with Crippen molar-refractivity contribution in [2.75, 3.05) is 11.5 Å². The molecule has 22 heavy (non-hydrogen) atoms. The number of carboxylic acid groups (broad SMARTS) is 1. The summed E-state index contributed by atoms with van der Waals surface area (Å²) in [7, 11) is 0. The summed E-state index contributed by atoms with van der Waals surface area (Å²) in [5, 5.41) is 12.1. The van der Waals surface area contributed by atoms with E-state index < -0.39 is 11.5 Å². The topological polar surface area (TPSA) is 79.5 Å². The Labute approximate surface area is 135 Å². The van der Waals surface area contributed by atoms with Gasteiger partial charge in [0.2, 0.25) is 0 Å². The summed E-state index contributed by atoms with van der Waals surface area (Å²) in [6.45, 7) is 1.86. The highest BCUT2D eigenvalue weighted by Crippen LogP contribution is 2.32. The van der Waals surface area contributed by atoms with E-state index in [0.29, 0.717) is 22.8 Å². The zero-order valence-corrected chi connectivity index (χ0v) is 13.6. The van der Waals surface area contributed by atoms with Gasteiger partial charge in [0.1, 0.15) is 17.1 Å². The molecule has 0 bridgehead atoms. The molecular formula is C15H15NO4S2. The quantitative estimate of drug-likeness (QED) is 0.896. The molecule has 1 unspecified atom stereocenters. The zero-order chi connectivity index (χ0) is 15.7. The molecule has 2 aromatic heterocycles. The summed E-state index contributed by atoms with van der Waals surface area (Å²) < 4.78 is 5.54. The molecule has 1 amide bonds. The van der Waals surface area contributed by atoms with E-state index in [-0.39, 0.29) is 5.91 Å². The van der Waals surface area contributed by atoms with Crippen molar-refractivity contribution in [1.82, 2.24) is 5.32 Å². The van der Waals surface area contributed by atoms with E-state index in [4.69, 9.17) is 4.42 Å². The van der Waals surface area contributed by atoms with Crippen LogP contribution in [0.3, 0.4) is 0 Å². The molecule has 0 radical (unpaired) electrons. The van der Waals surface area contributed by atoms with Gasteiger partial charge in [-0.1, -0.05) is 0 Å². The average Bonchev–Trinajstić information content (AvgIpc) is 3.17. The minimum absolute atomic E-state index is 0.343. The van der Waals surface area contributed by atoms with Crippen molar-refractivity contribution in [2.45, 2.75) is 18.9 Å². The van der Waals surface area contributed by atoms with Crippen LogP contribution >= 0.6 is 23.1 Å². The largest absolute Gasteiger partial charge is 0.479 e. The van der Waals surface area contributed by atoms with Crippen molar-refractivity contribution in [1.29, 1.82) is 0 Å². The molecule has 1 fully saturated rings. The Morgan fingerprint density at radius 3 is 2.73 bits per heavy atom. The second kappa shape index (κ2) is 5.81. The van der Waals surface area contributed by atoms with Gasteiger partial charge in [-0.05, 0) is 43.4 Å². The van der Waals surface area contributed by atoms with E-state index in [2.05, 4.69) is 5.32 Å². The summed E-state index contributed by atoms with van der Waals surface area (Å²) in [4.78, 5) is 25.2. The summed E-state index contributed by atoms with van der Waals surface area (Å²) in [5.74, 6) is 1.36. The minimum Gasteiger partial charge on any atom is -0.479 e. The molecule has 1 aliphatic rings. The molecule has 3 rings (SSSR count). The van der Waals surface area contributed by atoms with Gasteiger partial charge < -0.3 is 14.8 Å². The van der Waals surface area contributed by atoms with E-state index >= 15 is 0 Å². The Hall–Kier alpha value is -1.73. The van der Waals surface area contributed by atoms with Gasteiger partial charge in [-0.25, -0.2) is 4.79 Å². The predicted molar refractivity (Wildman–Crippen MR) is 86.5 cm³/mol. The zero-order valence-electron chi connectivity index (χ0n) is 11.9. The van der Waals surface area contributed by atoms with Crippen molar-refractivity contribution in [3.63, 3.8) is 0 Å². The molecule has 0 aromatic carbocycles. The van der Waals surface area contributed by atoms with Gasteiger partial charge in [0.15, 0.2) is 0 Å². The number of thiophene rings is 1. The molecule has 7 heteroatoms. The number of furan rings is 1. The van der Waals surface area contributed by atoms with Crippen LogP contribution in [-0.4, -0.2) is 34.0 Å². The average molecular weight is 337 g/mol. The Morgan fingerprint density at radius 2 is 2.14 bits per heavy atom. The third kappa shape index (κ3) is 2.78. The number of aliphatic carboxylic acids is 1. The fourth-order valence-corrected chi connectivity index (χ4v) is 4.51. The highest BCUT2D eigenvalue weighted by molar-refractivity contribution is 7.99. The van der Waals surface area contributed by atoms with Crippen LogP contribution in [0.5, 0.6) is 0 Å². The van der Waals surface area contributed by atoms with E-state index in [1.165, 1.54) is 11.3 Å². The Balaban J connectivity index is 1.78. The van der Waals surface area contributed by atoms with Crippen LogP contribution < -0.4 is 5.32 Å². The fraction of sp³-hybridized carbons (Fsp3) is 0.333. The lowest BCUT2D eigenvalue weighted by Crippen LogP contribution is -2.54. The monoisotopic (exact) mass is 337 g/mol. The van der Waals surface area contributed by atoms with Crippen LogP contribution in [0.1, 0.15) is 21.9 Å². The second-order valence-electron chi connectivity index (χ2n) is 5.22. The number of carbonyl (C=O) groups is 2. The molecular weight excluding hydrogens is 322 g/mol. The normalized spacial score (nSPS) is 21.0. The van der Waals surface area contributed by atoms with Crippen LogP contribution in [0.2, 0.25) is 0 Å². The lowest BCUT2D eigenvalue weighted by Gasteiger charge is -2.24. The molecule has 1 atom stereocenters. The van der Waals surface area contributed by atoms with E-state index in [1.807, 2.05) is 25.1 Å². The summed E-state index contributed by atoms with van der Waals surface area (Å²) >= 11 is 2.84. The Morgan fingerprint density at radius 1 is 1.32 bits per heavy atom. The van der Waals surface area contributed by atoms with Gasteiger partial charge in [0.25, 0.3) is 5.91 Å². The molecule has 0 spiro atoms. The third-order valence-corrected chi connectivity index (χ3v) is 5.89. The maximum atomic E-state index is 12.4. The van der Waals surface area contributed by atoms with Crippen LogP contribution in [0.4, 0.5) is 0 Å². The van der Waals surface area contributed by atoms with Crippen molar-refractivity contribution in [3.05, 3.63) is 34.9 Å². The first-order chi connectivity index (χ1) is 10.5. The lowest BCUT2D eigenvalue weighted by molar-refractivity contribution is -0.143. The first-order valence-corrected chi connectivity index (χ1v) is 8.78. The highest BCUT2D eigenvalue weighted by Gasteiger charge is 2.43. The lowest BCUT2D eigenvalue weighted by atomic mass is 9.99. The summed E-state index contributed by atoms with van der Waals surface area (Å²) in [6.07, 6.45) is 0.453. The summed E-state index contributed by atoms with van der Waals surface area (Å²) in [6, 6.07) is 7.23. The van der Waals surface area contributed by atoms with Crippen LogP contribution in [0, 0.1) is 6.92 Å². The van der Waals surface area contributed by atoms with E-state index in [9.17, 15) is 14.7 Å². The maximum absolute atomic E-state index is 12.4. The van der Waals surface area contributed by atoms with Gasteiger partial charge in [-0.2, -0.15) is 11.8 Å². The van der Waals surface area contributed by atoms with Gasteiger partial charge in [0.05, 0.1) is 9.75 Å². The first-order valence-electron chi connectivity index (χ1n) is 6.80. The molecule has 2 aromatic rings. The Kier molecular flexibility index (Phi) is 4.01. The second-order valence-corrected chi connectivity index (χ2v) is 7.41. The third-order valence-electron chi connectivity index (χ3n) is 3.60. The van der Waals surface area contributed by atoms with Crippen LogP contribution in [0.25, 0.3) is 10.6 Å². The fourth-order valence-electron chi connectivity index (χ4n) is 2.32. The van der Waals surface area contributed by atoms with Crippen LogP contribution in [0.15, 0.2) is 28.7 Å². The number of carboxylic acids is 1.